The van der Waals surface area contributed by atoms with Crippen molar-refractivity contribution in [3.8, 4) is 11.8 Å². The SMILES string of the molecule is CC(C)Cn1c(O)c(C(=O)NC2CC2)c(=O)n2nc(OC(=O)N3CC=CCC3)cc12. The molecule has 10 nitrogen and oxygen atoms in total. The minimum atomic E-state index is -0.760. The van der Waals surface area contributed by atoms with Crippen LogP contribution in [0.25, 0.3) is 5.65 Å². The van der Waals surface area contributed by atoms with Crippen LogP contribution in [0.2, 0.25) is 0 Å². The van der Waals surface area contributed by atoms with Gasteiger partial charge in [0.25, 0.3) is 11.5 Å². The second kappa shape index (κ2) is 7.85. The predicted octanol–water partition coefficient (Wildman–Crippen LogP) is 1.51. The van der Waals surface area contributed by atoms with Crippen LogP contribution in [0.5, 0.6) is 11.8 Å². The Morgan fingerprint density at radius 2 is 2.10 bits per heavy atom. The molecule has 0 bridgehead atoms. The van der Waals surface area contributed by atoms with E-state index in [4.69, 9.17) is 4.74 Å². The molecule has 1 aliphatic carbocycles. The van der Waals surface area contributed by atoms with Crippen molar-refractivity contribution in [2.24, 2.45) is 5.92 Å². The van der Waals surface area contributed by atoms with Crippen molar-refractivity contribution >= 4 is 17.6 Å². The third-order valence-corrected chi connectivity index (χ3v) is 5.03. The first-order chi connectivity index (χ1) is 14.3. The standard InChI is InChI=1S/C20H25N5O5/c1-12(2)11-24-15-10-14(30-20(29)23-8-4-3-5-9-23)22-25(15)19(28)16(18(24)27)17(26)21-13-6-7-13/h3-4,10,12-13,27H,5-9,11H2,1-2H3,(H,21,26). The molecule has 30 heavy (non-hydrogen) atoms. The number of aromatic nitrogens is 3. The fourth-order valence-electron chi connectivity index (χ4n) is 3.38. The molecular formula is C20H25N5O5. The van der Waals surface area contributed by atoms with Crippen molar-refractivity contribution in [1.29, 1.82) is 0 Å². The molecule has 4 rings (SSSR count). The highest BCUT2D eigenvalue weighted by Crippen LogP contribution is 2.24. The van der Waals surface area contributed by atoms with Gasteiger partial charge in [0.2, 0.25) is 11.8 Å². The first-order valence-corrected chi connectivity index (χ1v) is 10.1. The summed E-state index contributed by atoms with van der Waals surface area (Å²) in [6, 6.07) is 1.45. The first kappa shape index (κ1) is 20.0. The number of amides is 2. The van der Waals surface area contributed by atoms with Gasteiger partial charge in [-0.3, -0.25) is 14.2 Å². The van der Waals surface area contributed by atoms with Crippen molar-refractivity contribution in [1.82, 2.24) is 24.4 Å². The number of fused-ring (bicyclic) bond motifs is 1. The maximum atomic E-state index is 12.9. The monoisotopic (exact) mass is 415 g/mol. The van der Waals surface area contributed by atoms with Gasteiger partial charge in [-0.05, 0) is 25.2 Å². The minimum absolute atomic E-state index is 0.0262. The minimum Gasteiger partial charge on any atom is -0.494 e. The zero-order chi connectivity index (χ0) is 21.4. The Kier molecular flexibility index (Phi) is 5.23. The lowest BCUT2D eigenvalue weighted by atomic mass is 10.2. The van der Waals surface area contributed by atoms with Crippen molar-refractivity contribution in [2.75, 3.05) is 13.1 Å². The van der Waals surface area contributed by atoms with E-state index in [1.807, 2.05) is 26.0 Å². The molecule has 2 aromatic rings. The van der Waals surface area contributed by atoms with Gasteiger partial charge in [-0.2, -0.15) is 4.52 Å². The van der Waals surface area contributed by atoms with Crippen LogP contribution >= 0.6 is 0 Å². The van der Waals surface area contributed by atoms with Crippen molar-refractivity contribution in [2.45, 2.75) is 45.7 Å². The number of nitrogens with one attached hydrogen (secondary N) is 1. The fraction of sp³-hybridized carbons (Fsp3) is 0.500. The summed E-state index contributed by atoms with van der Waals surface area (Å²) in [5.74, 6) is -1.00. The molecular weight excluding hydrogens is 390 g/mol. The second-order valence-corrected chi connectivity index (χ2v) is 8.08. The van der Waals surface area contributed by atoms with E-state index in [9.17, 15) is 19.5 Å². The highest BCUT2D eigenvalue weighted by Gasteiger charge is 2.30. The average molecular weight is 415 g/mol. The van der Waals surface area contributed by atoms with Crippen LogP contribution in [0.3, 0.4) is 0 Å². The van der Waals surface area contributed by atoms with Gasteiger partial charge in [0.05, 0.1) is 0 Å². The van der Waals surface area contributed by atoms with Gasteiger partial charge in [0.1, 0.15) is 5.65 Å². The molecule has 2 N–H and O–H groups in total. The third-order valence-electron chi connectivity index (χ3n) is 5.03. The zero-order valence-electron chi connectivity index (χ0n) is 17.0. The van der Waals surface area contributed by atoms with Gasteiger partial charge in [0.15, 0.2) is 5.56 Å². The Hall–Kier alpha value is -3.30. The summed E-state index contributed by atoms with van der Waals surface area (Å²) in [4.78, 5) is 39.4. The van der Waals surface area contributed by atoms with Gasteiger partial charge >= 0.3 is 6.09 Å². The van der Waals surface area contributed by atoms with E-state index in [0.717, 1.165) is 23.8 Å². The van der Waals surface area contributed by atoms with Crippen LogP contribution in [0.15, 0.2) is 23.0 Å². The number of rotatable bonds is 5. The van der Waals surface area contributed by atoms with E-state index in [2.05, 4.69) is 10.4 Å². The summed E-state index contributed by atoms with van der Waals surface area (Å²) in [7, 11) is 0. The fourth-order valence-corrected chi connectivity index (χ4v) is 3.38. The highest BCUT2D eigenvalue weighted by molar-refractivity contribution is 5.96. The Bertz CT molecular complexity index is 1080. The summed E-state index contributed by atoms with van der Waals surface area (Å²) < 4.78 is 7.80. The number of nitrogens with zero attached hydrogens (tertiary/aromatic N) is 4. The van der Waals surface area contributed by atoms with Gasteiger partial charge in [-0.1, -0.05) is 26.0 Å². The topological polar surface area (TPSA) is 118 Å². The molecule has 3 heterocycles. The van der Waals surface area contributed by atoms with Gasteiger partial charge in [-0.15, -0.1) is 5.10 Å². The van der Waals surface area contributed by atoms with E-state index in [0.29, 0.717) is 19.6 Å². The van der Waals surface area contributed by atoms with Gasteiger partial charge < -0.3 is 20.1 Å². The summed E-state index contributed by atoms with van der Waals surface area (Å²) >= 11 is 0. The Morgan fingerprint density at radius 3 is 2.73 bits per heavy atom. The van der Waals surface area contributed by atoms with Crippen molar-refractivity contribution in [3.63, 3.8) is 0 Å². The molecule has 2 amide bonds. The number of hydrogen-bond donors (Lipinski definition) is 2. The molecule has 0 atom stereocenters. The van der Waals surface area contributed by atoms with Gasteiger partial charge in [0, 0.05) is 31.7 Å². The first-order valence-electron chi connectivity index (χ1n) is 10.1. The lowest BCUT2D eigenvalue weighted by Gasteiger charge is -2.21. The molecule has 10 heteroatoms. The number of aromatic hydroxyl groups is 1. The number of hydrogen-bond acceptors (Lipinski definition) is 6. The second-order valence-electron chi connectivity index (χ2n) is 8.08. The molecule has 0 spiro atoms. The molecule has 2 aliphatic rings. The van der Waals surface area contributed by atoms with Crippen molar-refractivity contribution < 1.29 is 19.4 Å². The van der Waals surface area contributed by atoms with Crippen LogP contribution in [0.1, 0.15) is 43.5 Å². The zero-order valence-corrected chi connectivity index (χ0v) is 17.0. The smallest absolute Gasteiger partial charge is 0.416 e. The summed E-state index contributed by atoms with van der Waals surface area (Å²) in [5.41, 5.74) is -0.878. The maximum absolute atomic E-state index is 12.9. The summed E-state index contributed by atoms with van der Waals surface area (Å²) in [6.45, 7) is 5.21. The molecule has 1 aliphatic heterocycles. The van der Waals surface area contributed by atoms with E-state index >= 15 is 0 Å². The van der Waals surface area contributed by atoms with Crippen LogP contribution in [0, 0.1) is 5.92 Å². The average Bonchev–Trinajstić information content (AvgIpc) is 3.42. The quantitative estimate of drug-likeness (QED) is 0.715. The normalized spacial score (nSPS) is 16.3. The molecule has 0 radical (unpaired) electrons. The molecule has 1 saturated carbocycles. The molecule has 0 aromatic carbocycles. The van der Waals surface area contributed by atoms with Crippen molar-refractivity contribution in [3.05, 3.63) is 34.1 Å². The van der Waals surface area contributed by atoms with E-state index < -0.39 is 23.4 Å². The van der Waals surface area contributed by atoms with Gasteiger partial charge in [-0.25, -0.2) is 4.79 Å². The Labute approximate surface area is 172 Å². The van der Waals surface area contributed by atoms with E-state index in [1.54, 1.807) is 0 Å². The molecule has 0 saturated heterocycles. The Balaban J connectivity index is 1.73. The number of ether oxygens (including phenoxy) is 1. The third kappa shape index (κ3) is 3.89. The van der Waals surface area contributed by atoms with E-state index in [-0.39, 0.29) is 29.1 Å². The molecule has 1 fully saturated rings. The summed E-state index contributed by atoms with van der Waals surface area (Å²) in [6.07, 6.45) is 5.74. The van der Waals surface area contributed by atoms with Crippen LogP contribution in [-0.2, 0) is 6.54 Å². The molecule has 160 valence electrons. The maximum Gasteiger partial charge on any atom is 0.416 e. The number of carbonyl (C=O) groups excluding carboxylic acids is 2. The summed E-state index contributed by atoms with van der Waals surface area (Å²) in [5, 5.41) is 17.6. The lowest BCUT2D eigenvalue weighted by molar-refractivity contribution is 0.0944. The van der Waals surface area contributed by atoms with Crippen LogP contribution in [0.4, 0.5) is 4.79 Å². The largest absolute Gasteiger partial charge is 0.494 e. The highest BCUT2D eigenvalue weighted by atomic mass is 16.6. The Morgan fingerprint density at radius 1 is 1.33 bits per heavy atom. The molecule has 2 aromatic heterocycles. The predicted molar refractivity (Wildman–Crippen MR) is 108 cm³/mol. The number of carbonyl (C=O) groups is 2. The lowest BCUT2D eigenvalue weighted by Crippen LogP contribution is -2.36. The van der Waals surface area contributed by atoms with Crippen LogP contribution < -0.4 is 15.6 Å². The molecule has 0 unspecified atom stereocenters. The van der Waals surface area contributed by atoms with E-state index in [1.165, 1.54) is 15.5 Å². The van der Waals surface area contributed by atoms with Crippen LogP contribution in [-0.4, -0.2) is 55.3 Å².